The molecular weight excluding hydrogens is 258 g/mol. The topological polar surface area (TPSA) is 39.8 Å². The van der Waals surface area contributed by atoms with Crippen LogP contribution in [0.1, 0.15) is 10.5 Å². The molecule has 3 aromatic rings. The number of Topliss-reactive ketones (excluding diaryl/α,β-unsaturated/α-hetero) is 1. The number of ketones is 1. The van der Waals surface area contributed by atoms with Crippen LogP contribution in [-0.2, 0) is 13.6 Å². The molecule has 0 amide bonds. The van der Waals surface area contributed by atoms with E-state index in [9.17, 15) is 4.79 Å². The number of nitrogens with zero attached hydrogens (tertiary/aromatic N) is 3. The molecule has 0 spiro atoms. The molecule has 0 aliphatic heterocycles. The summed E-state index contributed by atoms with van der Waals surface area (Å²) in [6.07, 6.45) is 5.45. The van der Waals surface area contributed by atoms with E-state index in [-0.39, 0.29) is 5.78 Å². The molecule has 96 valence electrons. The average molecular weight is 271 g/mol. The van der Waals surface area contributed by atoms with Gasteiger partial charge in [0.05, 0.1) is 17.1 Å². The van der Waals surface area contributed by atoms with E-state index in [1.165, 1.54) is 0 Å². The van der Waals surface area contributed by atoms with Gasteiger partial charge in [-0.1, -0.05) is 6.07 Å². The summed E-state index contributed by atoms with van der Waals surface area (Å²) in [5.74, 6) is 0.931. The van der Waals surface area contributed by atoms with Gasteiger partial charge in [-0.2, -0.15) is 0 Å². The maximum atomic E-state index is 12.2. The zero-order chi connectivity index (χ0) is 13.2. The standard InChI is InChI=1S/C14H13N3OS/c1-16-7-2-4-11(16)12(18)10-17-8-6-15-14(17)13-5-3-9-19-13/h2-9H,10H2,1H3. The second kappa shape index (κ2) is 4.85. The third kappa shape index (κ3) is 2.24. The molecule has 0 atom stereocenters. The zero-order valence-electron chi connectivity index (χ0n) is 10.5. The molecule has 0 fully saturated rings. The lowest BCUT2D eigenvalue weighted by molar-refractivity contribution is 0.0964. The second-order valence-corrected chi connectivity index (χ2v) is 5.23. The molecule has 3 aromatic heterocycles. The van der Waals surface area contributed by atoms with Crippen molar-refractivity contribution in [3.05, 3.63) is 53.9 Å². The van der Waals surface area contributed by atoms with Gasteiger partial charge in [0.15, 0.2) is 5.78 Å². The van der Waals surface area contributed by atoms with Gasteiger partial charge < -0.3 is 9.13 Å². The normalized spacial score (nSPS) is 10.8. The van der Waals surface area contributed by atoms with Crippen LogP contribution < -0.4 is 0 Å². The van der Waals surface area contributed by atoms with E-state index < -0.39 is 0 Å². The van der Waals surface area contributed by atoms with Crippen LogP contribution >= 0.6 is 11.3 Å². The molecule has 0 aromatic carbocycles. The number of aryl methyl sites for hydroxylation is 1. The SMILES string of the molecule is Cn1cccc1C(=O)Cn1ccnc1-c1cccs1. The van der Waals surface area contributed by atoms with Gasteiger partial charge >= 0.3 is 0 Å². The third-order valence-electron chi connectivity index (χ3n) is 3.00. The lowest BCUT2D eigenvalue weighted by Gasteiger charge is -2.06. The first-order valence-corrected chi connectivity index (χ1v) is 6.83. The Morgan fingerprint density at radius 2 is 2.21 bits per heavy atom. The summed E-state index contributed by atoms with van der Waals surface area (Å²) in [4.78, 5) is 17.7. The fourth-order valence-electron chi connectivity index (χ4n) is 2.05. The number of aromatic nitrogens is 3. The van der Waals surface area contributed by atoms with Crippen molar-refractivity contribution in [3.8, 4) is 10.7 Å². The van der Waals surface area contributed by atoms with Crippen molar-refractivity contribution in [1.29, 1.82) is 0 Å². The summed E-state index contributed by atoms with van der Waals surface area (Å²) in [6, 6.07) is 7.71. The van der Waals surface area contributed by atoms with E-state index in [0.29, 0.717) is 12.2 Å². The summed E-state index contributed by atoms with van der Waals surface area (Å²) < 4.78 is 3.73. The van der Waals surface area contributed by atoms with E-state index in [1.54, 1.807) is 17.5 Å². The Hall–Kier alpha value is -2.14. The van der Waals surface area contributed by atoms with Crippen LogP contribution in [0.25, 0.3) is 10.7 Å². The molecule has 5 heteroatoms. The molecule has 3 rings (SSSR count). The number of carbonyl (C=O) groups excluding carboxylic acids is 1. The van der Waals surface area contributed by atoms with Crippen molar-refractivity contribution in [3.63, 3.8) is 0 Å². The van der Waals surface area contributed by atoms with Crippen molar-refractivity contribution in [1.82, 2.24) is 14.1 Å². The highest BCUT2D eigenvalue weighted by Crippen LogP contribution is 2.23. The van der Waals surface area contributed by atoms with Gasteiger partial charge in [0, 0.05) is 25.6 Å². The van der Waals surface area contributed by atoms with Gasteiger partial charge in [-0.3, -0.25) is 4.79 Å². The maximum Gasteiger partial charge on any atom is 0.198 e. The quantitative estimate of drug-likeness (QED) is 0.684. The van der Waals surface area contributed by atoms with Gasteiger partial charge in [0.2, 0.25) is 0 Å². The first-order chi connectivity index (χ1) is 9.25. The molecule has 0 radical (unpaired) electrons. The molecule has 0 bridgehead atoms. The average Bonchev–Trinajstić information content (AvgIpc) is 3.07. The Kier molecular flexibility index (Phi) is 3.05. The Bertz CT molecular complexity index is 694. The number of carbonyl (C=O) groups is 1. The molecular formula is C14H13N3OS. The Morgan fingerprint density at radius 3 is 2.89 bits per heavy atom. The zero-order valence-corrected chi connectivity index (χ0v) is 11.3. The summed E-state index contributed by atoms with van der Waals surface area (Å²) in [7, 11) is 1.88. The Morgan fingerprint density at radius 1 is 1.32 bits per heavy atom. The molecule has 19 heavy (non-hydrogen) atoms. The number of thiophene rings is 1. The highest BCUT2D eigenvalue weighted by molar-refractivity contribution is 7.13. The van der Waals surface area contributed by atoms with Crippen molar-refractivity contribution < 1.29 is 4.79 Å². The summed E-state index contributed by atoms with van der Waals surface area (Å²) in [6.45, 7) is 0.311. The third-order valence-corrected chi connectivity index (χ3v) is 3.87. The number of rotatable bonds is 4. The first-order valence-electron chi connectivity index (χ1n) is 5.95. The Labute approximate surface area is 115 Å². The Balaban J connectivity index is 1.87. The molecule has 0 saturated carbocycles. The number of hydrogen-bond acceptors (Lipinski definition) is 3. The highest BCUT2D eigenvalue weighted by atomic mass is 32.1. The fourth-order valence-corrected chi connectivity index (χ4v) is 2.79. The molecule has 0 aliphatic rings. The van der Waals surface area contributed by atoms with Crippen LogP contribution in [0.15, 0.2) is 48.2 Å². The van der Waals surface area contributed by atoms with E-state index in [2.05, 4.69) is 4.98 Å². The maximum absolute atomic E-state index is 12.2. The van der Waals surface area contributed by atoms with Gasteiger partial charge in [0.1, 0.15) is 5.82 Å². The smallest absolute Gasteiger partial charge is 0.198 e. The summed E-state index contributed by atoms with van der Waals surface area (Å²) in [5, 5.41) is 2.01. The first kappa shape index (κ1) is 11.9. The predicted octanol–water partition coefficient (Wildman–Crippen LogP) is 2.83. The van der Waals surface area contributed by atoms with E-state index in [0.717, 1.165) is 10.7 Å². The van der Waals surface area contributed by atoms with Gasteiger partial charge in [-0.05, 0) is 23.6 Å². The van der Waals surface area contributed by atoms with E-state index in [4.69, 9.17) is 0 Å². The molecule has 3 heterocycles. The van der Waals surface area contributed by atoms with Crippen LogP contribution in [0.5, 0.6) is 0 Å². The van der Waals surface area contributed by atoms with Crippen LogP contribution in [0, 0.1) is 0 Å². The minimum atomic E-state index is 0.0864. The van der Waals surface area contributed by atoms with E-state index >= 15 is 0 Å². The van der Waals surface area contributed by atoms with Gasteiger partial charge in [0.25, 0.3) is 0 Å². The van der Waals surface area contributed by atoms with Crippen LogP contribution in [-0.4, -0.2) is 19.9 Å². The molecule has 0 saturated heterocycles. The predicted molar refractivity (Wildman–Crippen MR) is 75.3 cm³/mol. The van der Waals surface area contributed by atoms with Gasteiger partial charge in [-0.25, -0.2) is 4.98 Å². The van der Waals surface area contributed by atoms with Gasteiger partial charge in [-0.15, -0.1) is 11.3 Å². The number of hydrogen-bond donors (Lipinski definition) is 0. The lowest BCUT2D eigenvalue weighted by atomic mass is 10.3. The summed E-state index contributed by atoms with van der Waals surface area (Å²) >= 11 is 1.62. The van der Waals surface area contributed by atoms with Crippen molar-refractivity contribution in [2.45, 2.75) is 6.54 Å². The minimum absolute atomic E-state index is 0.0864. The van der Waals surface area contributed by atoms with Crippen LogP contribution in [0.4, 0.5) is 0 Å². The monoisotopic (exact) mass is 271 g/mol. The fraction of sp³-hybridized carbons (Fsp3) is 0.143. The molecule has 4 nitrogen and oxygen atoms in total. The number of imidazole rings is 1. The highest BCUT2D eigenvalue weighted by Gasteiger charge is 2.13. The van der Waals surface area contributed by atoms with Crippen molar-refractivity contribution >= 4 is 17.1 Å². The molecule has 0 aliphatic carbocycles. The van der Waals surface area contributed by atoms with Crippen LogP contribution in [0.3, 0.4) is 0 Å². The van der Waals surface area contributed by atoms with Crippen molar-refractivity contribution in [2.24, 2.45) is 7.05 Å². The molecule has 0 unspecified atom stereocenters. The second-order valence-electron chi connectivity index (χ2n) is 4.28. The molecule has 0 N–H and O–H groups in total. The minimum Gasteiger partial charge on any atom is -0.348 e. The van der Waals surface area contributed by atoms with Crippen molar-refractivity contribution in [2.75, 3.05) is 0 Å². The van der Waals surface area contributed by atoms with Crippen LogP contribution in [0.2, 0.25) is 0 Å². The summed E-state index contributed by atoms with van der Waals surface area (Å²) in [5.41, 5.74) is 0.714. The lowest BCUT2D eigenvalue weighted by Crippen LogP contribution is -2.13. The van der Waals surface area contributed by atoms with E-state index in [1.807, 2.05) is 58.2 Å². The largest absolute Gasteiger partial charge is 0.348 e.